The molecule has 3 nitrogen and oxygen atoms in total. The van der Waals surface area contributed by atoms with E-state index in [0.29, 0.717) is 6.04 Å². The average Bonchev–Trinajstić information content (AvgIpc) is 2.94. The van der Waals surface area contributed by atoms with Crippen molar-refractivity contribution in [2.24, 2.45) is 0 Å². The van der Waals surface area contributed by atoms with E-state index in [9.17, 15) is 0 Å². The lowest BCUT2D eigenvalue weighted by atomic mass is 10.2. The number of nitrogens with one attached hydrogen (secondary N) is 1. The van der Waals surface area contributed by atoms with Gasteiger partial charge in [-0.2, -0.15) is 0 Å². The number of anilines is 2. The molecule has 1 unspecified atom stereocenters. The highest BCUT2D eigenvalue weighted by Gasteiger charge is 2.12. The van der Waals surface area contributed by atoms with Gasteiger partial charge in [-0.1, -0.05) is 25.1 Å². The van der Waals surface area contributed by atoms with Crippen molar-refractivity contribution in [3.8, 4) is 0 Å². The number of benzene rings is 1. The van der Waals surface area contributed by atoms with Crippen LogP contribution in [0.15, 0.2) is 35.7 Å². The first-order chi connectivity index (χ1) is 9.22. The van der Waals surface area contributed by atoms with Gasteiger partial charge in [0.05, 0.1) is 5.69 Å². The minimum Gasteiger partial charge on any atom is -0.321 e. The Kier molecular flexibility index (Phi) is 4.93. The Hall–Kier alpha value is -1.39. The smallest absolute Gasteiger partial charge is 0.189 e. The molecule has 19 heavy (non-hydrogen) atoms. The van der Waals surface area contributed by atoms with Gasteiger partial charge >= 0.3 is 0 Å². The quantitative estimate of drug-likeness (QED) is 0.864. The molecule has 1 aromatic carbocycles. The Balaban J connectivity index is 2.08. The maximum atomic E-state index is 4.72. The molecular weight excluding hydrogens is 254 g/mol. The van der Waals surface area contributed by atoms with Crippen LogP contribution in [0.25, 0.3) is 0 Å². The fourth-order valence-electron chi connectivity index (χ4n) is 1.86. The van der Waals surface area contributed by atoms with Gasteiger partial charge in [0.25, 0.3) is 0 Å². The number of thiazole rings is 1. The van der Waals surface area contributed by atoms with Gasteiger partial charge in [-0.05, 0) is 32.0 Å². The zero-order valence-corrected chi connectivity index (χ0v) is 12.6. The van der Waals surface area contributed by atoms with E-state index < -0.39 is 0 Å². The molecule has 0 fully saturated rings. The molecule has 1 N–H and O–H groups in total. The molecule has 0 bridgehead atoms. The van der Waals surface area contributed by atoms with Crippen LogP contribution >= 0.6 is 11.3 Å². The topological polar surface area (TPSA) is 28.2 Å². The third-order valence-corrected chi connectivity index (χ3v) is 4.02. The molecule has 1 atom stereocenters. The summed E-state index contributed by atoms with van der Waals surface area (Å²) in [7, 11) is 2.06. The van der Waals surface area contributed by atoms with Gasteiger partial charge in [0.2, 0.25) is 0 Å². The zero-order chi connectivity index (χ0) is 13.7. The number of rotatable bonds is 6. The summed E-state index contributed by atoms with van der Waals surface area (Å²) in [5, 5.41) is 6.64. The molecule has 0 aliphatic heterocycles. The molecule has 0 aliphatic rings. The molecule has 0 spiro atoms. The largest absolute Gasteiger partial charge is 0.321 e. The first-order valence-corrected chi connectivity index (χ1v) is 7.58. The van der Waals surface area contributed by atoms with E-state index in [2.05, 4.69) is 48.6 Å². The van der Waals surface area contributed by atoms with Crippen LogP contribution in [0.1, 0.15) is 32.0 Å². The maximum absolute atomic E-state index is 4.72. The van der Waals surface area contributed by atoms with Crippen LogP contribution in [0.4, 0.5) is 10.8 Å². The van der Waals surface area contributed by atoms with Crippen molar-refractivity contribution < 1.29 is 0 Å². The summed E-state index contributed by atoms with van der Waals surface area (Å²) in [6, 6.07) is 10.6. The van der Waals surface area contributed by atoms with Gasteiger partial charge in [0.1, 0.15) is 0 Å². The van der Waals surface area contributed by atoms with Crippen molar-refractivity contribution in [1.82, 2.24) is 10.3 Å². The Morgan fingerprint density at radius 2 is 2.05 bits per heavy atom. The normalized spacial score (nSPS) is 12.4. The number of nitrogens with zero attached hydrogens (tertiary/aromatic N) is 2. The van der Waals surface area contributed by atoms with Gasteiger partial charge in [-0.25, -0.2) is 4.98 Å². The second-order valence-corrected chi connectivity index (χ2v) is 5.46. The van der Waals surface area contributed by atoms with Crippen LogP contribution in [0.2, 0.25) is 0 Å². The second kappa shape index (κ2) is 6.68. The van der Waals surface area contributed by atoms with E-state index >= 15 is 0 Å². The Bertz CT molecular complexity index is 495. The van der Waals surface area contributed by atoms with Gasteiger partial charge in [0.15, 0.2) is 5.13 Å². The maximum Gasteiger partial charge on any atom is 0.189 e. The van der Waals surface area contributed by atoms with Crippen LogP contribution in [0, 0.1) is 0 Å². The number of hydrogen-bond acceptors (Lipinski definition) is 4. The Labute approximate surface area is 119 Å². The van der Waals surface area contributed by atoms with Gasteiger partial charge in [0, 0.05) is 24.2 Å². The van der Waals surface area contributed by atoms with Crippen molar-refractivity contribution in [1.29, 1.82) is 0 Å². The predicted octanol–water partition coefficient (Wildman–Crippen LogP) is 3.97. The van der Waals surface area contributed by atoms with Gasteiger partial charge in [-0.15, -0.1) is 11.3 Å². The van der Waals surface area contributed by atoms with E-state index in [0.717, 1.165) is 29.5 Å². The molecule has 1 heterocycles. The first-order valence-electron chi connectivity index (χ1n) is 6.70. The highest BCUT2D eigenvalue weighted by Crippen LogP contribution is 2.28. The Morgan fingerprint density at radius 1 is 1.32 bits per heavy atom. The zero-order valence-electron chi connectivity index (χ0n) is 11.8. The summed E-state index contributed by atoms with van der Waals surface area (Å²) in [5.41, 5.74) is 2.29. The lowest BCUT2D eigenvalue weighted by Gasteiger charge is -2.16. The van der Waals surface area contributed by atoms with E-state index in [1.54, 1.807) is 11.3 Å². The van der Waals surface area contributed by atoms with Gasteiger partial charge in [-0.3, -0.25) is 0 Å². The molecule has 102 valence electrons. The van der Waals surface area contributed by atoms with Crippen LogP contribution in [-0.2, 0) is 0 Å². The minimum atomic E-state index is 0.314. The summed E-state index contributed by atoms with van der Waals surface area (Å²) >= 11 is 1.69. The summed E-state index contributed by atoms with van der Waals surface area (Å²) in [4.78, 5) is 6.85. The number of hydrogen-bond donors (Lipinski definition) is 1. The molecular formula is C15H21N3S. The summed E-state index contributed by atoms with van der Waals surface area (Å²) in [6.45, 7) is 5.37. The van der Waals surface area contributed by atoms with Crippen LogP contribution in [0.5, 0.6) is 0 Å². The molecule has 0 saturated carbocycles. The lowest BCUT2D eigenvalue weighted by Crippen LogP contribution is -2.19. The van der Waals surface area contributed by atoms with Crippen LogP contribution in [-0.4, -0.2) is 18.6 Å². The minimum absolute atomic E-state index is 0.314. The molecule has 1 aromatic heterocycles. The molecule has 0 radical (unpaired) electrons. The SMILES string of the molecule is CCCNC(C)c1csc(N(C)c2ccccc2)n1. The van der Waals surface area contributed by atoms with Crippen molar-refractivity contribution in [2.45, 2.75) is 26.3 Å². The molecule has 0 aliphatic carbocycles. The average molecular weight is 275 g/mol. The van der Waals surface area contributed by atoms with Crippen molar-refractivity contribution in [3.05, 3.63) is 41.4 Å². The van der Waals surface area contributed by atoms with E-state index in [1.165, 1.54) is 0 Å². The van der Waals surface area contributed by atoms with Crippen LogP contribution in [0.3, 0.4) is 0 Å². The molecule has 4 heteroatoms. The molecule has 2 aromatic rings. The van der Waals surface area contributed by atoms with Crippen molar-refractivity contribution in [2.75, 3.05) is 18.5 Å². The van der Waals surface area contributed by atoms with Crippen LogP contribution < -0.4 is 10.2 Å². The molecule has 0 amide bonds. The highest BCUT2D eigenvalue weighted by molar-refractivity contribution is 7.13. The summed E-state index contributed by atoms with van der Waals surface area (Å²) < 4.78 is 0. The third kappa shape index (κ3) is 3.55. The van der Waals surface area contributed by atoms with E-state index in [1.807, 2.05) is 18.2 Å². The highest BCUT2D eigenvalue weighted by atomic mass is 32.1. The van der Waals surface area contributed by atoms with E-state index in [4.69, 9.17) is 4.98 Å². The van der Waals surface area contributed by atoms with Crippen molar-refractivity contribution >= 4 is 22.2 Å². The fourth-order valence-corrected chi connectivity index (χ4v) is 2.76. The first kappa shape index (κ1) is 14.0. The Morgan fingerprint density at radius 3 is 2.74 bits per heavy atom. The molecule has 0 saturated heterocycles. The monoisotopic (exact) mass is 275 g/mol. The third-order valence-electron chi connectivity index (χ3n) is 3.08. The number of aromatic nitrogens is 1. The van der Waals surface area contributed by atoms with E-state index in [-0.39, 0.29) is 0 Å². The number of para-hydroxylation sites is 1. The summed E-state index contributed by atoms with van der Waals surface area (Å²) in [6.07, 6.45) is 1.14. The fraction of sp³-hybridized carbons (Fsp3) is 0.400. The standard InChI is InChI=1S/C15H21N3S/c1-4-10-16-12(2)14-11-19-15(17-14)18(3)13-8-6-5-7-9-13/h5-9,11-12,16H,4,10H2,1-3H3. The van der Waals surface area contributed by atoms with Crippen molar-refractivity contribution in [3.63, 3.8) is 0 Å². The molecule has 2 rings (SSSR count). The second-order valence-electron chi connectivity index (χ2n) is 4.63. The summed E-state index contributed by atoms with van der Waals surface area (Å²) in [5.74, 6) is 0. The van der Waals surface area contributed by atoms with Gasteiger partial charge < -0.3 is 10.2 Å². The predicted molar refractivity (Wildman–Crippen MR) is 83.3 cm³/mol. The lowest BCUT2D eigenvalue weighted by molar-refractivity contribution is 0.561.